The molecule has 13 rings (SSSR count). The van der Waals surface area contributed by atoms with Gasteiger partial charge in [-0.15, -0.1) is 0 Å². The SMILES string of the molecule is O=c1c2ccccc2c2cc(-c3ccccc3)cc3c4cc(-c5cc(-n6c7ccccc7c7cc(-c8ccccc8)ccc76)c6oc7ccccc7c6c5)ccc4n1c23. The molecule has 0 amide bonds. The molecule has 59 heavy (non-hydrogen) atoms. The maximum Gasteiger partial charge on any atom is 0.263 e. The third kappa shape index (κ3) is 4.57. The predicted octanol–water partition coefficient (Wildman–Crippen LogP) is 14.2. The van der Waals surface area contributed by atoms with Crippen LogP contribution in [0.1, 0.15) is 0 Å². The Kier molecular flexibility index (Phi) is 6.56. The van der Waals surface area contributed by atoms with Gasteiger partial charge in [0.05, 0.1) is 27.8 Å². The average Bonchev–Trinajstić information content (AvgIpc) is 3.96. The van der Waals surface area contributed by atoms with E-state index in [0.29, 0.717) is 0 Å². The summed E-state index contributed by atoms with van der Waals surface area (Å²) in [6.07, 6.45) is 0. The van der Waals surface area contributed by atoms with Crippen molar-refractivity contribution in [1.29, 1.82) is 0 Å². The van der Waals surface area contributed by atoms with E-state index in [0.717, 1.165) is 98.9 Å². The molecule has 0 saturated heterocycles. The van der Waals surface area contributed by atoms with E-state index >= 15 is 0 Å². The lowest BCUT2D eigenvalue weighted by Crippen LogP contribution is -2.12. The van der Waals surface area contributed by atoms with E-state index in [1.54, 1.807) is 0 Å². The first-order chi connectivity index (χ1) is 29.2. The highest BCUT2D eigenvalue weighted by Crippen LogP contribution is 2.44. The van der Waals surface area contributed by atoms with Crippen molar-refractivity contribution in [1.82, 2.24) is 8.97 Å². The minimum Gasteiger partial charge on any atom is -0.454 e. The van der Waals surface area contributed by atoms with Crippen molar-refractivity contribution in [3.8, 4) is 39.1 Å². The van der Waals surface area contributed by atoms with Crippen LogP contribution in [0.4, 0.5) is 0 Å². The molecule has 0 saturated carbocycles. The molecule has 0 radical (unpaired) electrons. The molecule has 0 spiro atoms. The van der Waals surface area contributed by atoms with Crippen LogP contribution in [0, 0.1) is 0 Å². The molecule has 0 aliphatic rings. The summed E-state index contributed by atoms with van der Waals surface area (Å²) in [7, 11) is 0. The Hall–Kier alpha value is -7.95. The van der Waals surface area contributed by atoms with E-state index < -0.39 is 0 Å². The Labute approximate surface area is 337 Å². The van der Waals surface area contributed by atoms with Crippen molar-refractivity contribution >= 4 is 81.7 Å². The van der Waals surface area contributed by atoms with Crippen molar-refractivity contribution in [3.05, 3.63) is 204 Å². The quantitative estimate of drug-likeness (QED) is 0.168. The summed E-state index contributed by atoms with van der Waals surface area (Å²) in [5.41, 5.74) is 13.5. The number of nitrogens with zero attached hydrogens (tertiary/aromatic N) is 2. The number of pyridine rings is 1. The fourth-order valence-corrected chi connectivity index (χ4v) is 9.75. The standard InChI is InChI=1S/C55H32N2O2/c58-55-42-20-8-7-17-39(42)45-29-37(34-15-5-2-6-16-34)30-46-44-28-36(24-26-50(44)57(55)53(45)46)38-31-47-41-19-10-12-22-52(41)59-54(47)51(32-38)56-48-21-11-9-18-40(48)43-27-35(23-25-49(43)56)33-13-3-1-4-14-33/h1-32H. The van der Waals surface area contributed by atoms with Crippen LogP contribution < -0.4 is 5.56 Å². The molecule has 274 valence electrons. The van der Waals surface area contributed by atoms with Gasteiger partial charge in [-0.25, -0.2) is 0 Å². The van der Waals surface area contributed by atoms with Crippen molar-refractivity contribution in [2.45, 2.75) is 0 Å². The summed E-state index contributed by atoms with van der Waals surface area (Å²) in [6.45, 7) is 0. The van der Waals surface area contributed by atoms with E-state index in [1.807, 2.05) is 34.7 Å². The van der Waals surface area contributed by atoms with Gasteiger partial charge in [-0.3, -0.25) is 9.20 Å². The molecular weight excluding hydrogens is 721 g/mol. The first kappa shape index (κ1) is 32.2. The molecule has 0 N–H and O–H groups in total. The van der Waals surface area contributed by atoms with Gasteiger partial charge < -0.3 is 8.98 Å². The Morgan fingerprint density at radius 2 is 0.847 bits per heavy atom. The number of hydrogen-bond acceptors (Lipinski definition) is 2. The van der Waals surface area contributed by atoms with Crippen LogP contribution >= 0.6 is 0 Å². The zero-order valence-electron chi connectivity index (χ0n) is 31.7. The van der Waals surface area contributed by atoms with Gasteiger partial charge in [0, 0.05) is 43.1 Å². The fraction of sp³-hybridized carbons (Fsp3) is 0. The number of furan rings is 1. The zero-order valence-corrected chi connectivity index (χ0v) is 31.7. The average molecular weight is 753 g/mol. The number of fused-ring (bicyclic) bond motifs is 11. The normalized spacial score (nSPS) is 12.1. The van der Waals surface area contributed by atoms with E-state index in [4.69, 9.17) is 4.42 Å². The molecule has 9 aromatic carbocycles. The van der Waals surface area contributed by atoms with Crippen LogP contribution in [0.3, 0.4) is 0 Å². The van der Waals surface area contributed by atoms with Crippen LogP contribution in [0.5, 0.6) is 0 Å². The lowest BCUT2D eigenvalue weighted by atomic mass is 9.96. The molecule has 0 aliphatic carbocycles. The largest absolute Gasteiger partial charge is 0.454 e. The smallest absolute Gasteiger partial charge is 0.263 e. The van der Waals surface area contributed by atoms with Crippen molar-refractivity contribution < 1.29 is 4.42 Å². The molecule has 4 aromatic heterocycles. The lowest BCUT2D eigenvalue weighted by molar-refractivity contribution is 0.666. The monoisotopic (exact) mass is 752 g/mol. The predicted molar refractivity (Wildman–Crippen MR) is 245 cm³/mol. The molecule has 4 heterocycles. The Balaban J connectivity index is 1.11. The minimum atomic E-state index is 0.00340. The molecule has 0 unspecified atom stereocenters. The third-order valence-corrected chi connectivity index (χ3v) is 12.4. The van der Waals surface area contributed by atoms with Crippen molar-refractivity contribution in [2.24, 2.45) is 0 Å². The van der Waals surface area contributed by atoms with E-state index in [-0.39, 0.29) is 5.56 Å². The van der Waals surface area contributed by atoms with Gasteiger partial charge in [-0.05, 0) is 105 Å². The highest BCUT2D eigenvalue weighted by molar-refractivity contribution is 6.22. The van der Waals surface area contributed by atoms with Crippen LogP contribution in [-0.4, -0.2) is 8.97 Å². The second kappa shape index (κ2) is 12.0. The summed E-state index contributed by atoms with van der Waals surface area (Å²) < 4.78 is 11.1. The minimum absolute atomic E-state index is 0.00340. The van der Waals surface area contributed by atoms with E-state index in [1.165, 1.54) is 21.9 Å². The maximum absolute atomic E-state index is 14.4. The van der Waals surface area contributed by atoms with Crippen molar-refractivity contribution in [2.75, 3.05) is 0 Å². The highest BCUT2D eigenvalue weighted by atomic mass is 16.3. The summed E-state index contributed by atoms with van der Waals surface area (Å²) in [5, 5.41) is 9.37. The van der Waals surface area contributed by atoms with Gasteiger partial charge in [0.2, 0.25) is 0 Å². The highest BCUT2D eigenvalue weighted by Gasteiger charge is 2.22. The maximum atomic E-state index is 14.4. The molecule has 0 aliphatic heterocycles. The zero-order chi connectivity index (χ0) is 38.8. The lowest BCUT2D eigenvalue weighted by Gasteiger charge is -2.12. The molecule has 0 bridgehead atoms. The molecule has 13 aromatic rings. The number of aromatic nitrogens is 2. The molecule has 0 atom stereocenters. The van der Waals surface area contributed by atoms with Gasteiger partial charge in [-0.1, -0.05) is 127 Å². The number of benzene rings is 9. The van der Waals surface area contributed by atoms with Crippen LogP contribution in [0.15, 0.2) is 203 Å². The fourth-order valence-electron chi connectivity index (χ4n) is 9.75. The van der Waals surface area contributed by atoms with Gasteiger partial charge in [0.15, 0.2) is 5.58 Å². The molecular formula is C55H32N2O2. The molecule has 0 fully saturated rings. The third-order valence-electron chi connectivity index (χ3n) is 12.4. The van der Waals surface area contributed by atoms with Crippen LogP contribution in [0.25, 0.3) is 121 Å². The van der Waals surface area contributed by atoms with Gasteiger partial charge in [-0.2, -0.15) is 0 Å². The van der Waals surface area contributed by atoms with Gasteiger partial charge in [0.1, 0.15) is 5.58 Å². The number of hydrogen-bond donors (Lipinski definition) is 0. The Morgan fingerprint density at radius 3 is 1.61 bits per heavy atom. The topological polar surface area (TPSA) is 39.5 Å². The van der Waals surface area contributed by atoms with Gasteiger partial charge >= 0.3 is 0 Å². The van der Waals surface area contributed by atoms with E-state index in [9.17, 15) is 4.79 Å². The first-order valence-electron chi connectivity index (χ1n) is 20.0. The summed E-state index contributed by atoms with van der Waals surface area (Å²) >= 11 is 0. The Bertz CT molecular complexity index is 3910. The van der Waals surface area contributed by atoms with Crippen LogP contribution in [0.2, 0.25) is 0 Å². The summed E-state index contributed by atoms with van der Waals surface area (Å²) in [5.74, 6) is 0. The summed E-state index contributed by atoms with van der Waals surface area (Å²) in [4.78, 5) is 14.4. The summed E-state index contributed by atoms with van der Waals surface area (Å²) in [6, 6.07) is 68.5. The second-order valence-electron chi connectivity index (χ2n) is 15.6. The number of para-hydroxylation sites is 2. The number of rotatable bonds is 4. The molecule has 4 nitrogen and oxygen atoms in total. The first-order valence-corrected chi connectivity index (χ1v) is 20.0. The van der Waals surface area contributed by atoms with Crippen LogP contribution in [-0.2, 0) is 0 Å². The van der Waals surface area contributed by atoms with Gasteiger partial charge in [0.25, 0.3) is 5.56 Å². The van der Waals surface area contributed by atoms with E-state index in [2.05, 4.69) is 168 Å². The van der Waals surface area contributed by atoms with Crippen molar-refractivity contribution in [3.63, 3.8) is 0 Å². The second-order valence-corrected chi connectivity index (χ2v) is 15.6. The molecule has 4 heteroatoms. The Morgan fingerprint density at radius 1 is 0.339 bits per heavy atom.